The molecule has 0 spiro atoms. The Hall–Kier alpha value is -2.03. The van der Waals surface area contributed by atoms with Crippen LogP contribution in [0.3, 0.4) is 0 Å². The minimum Gasteiger partial charge on any atom is -0.507 e. The highest BCUT2D eigenvalue weighted by molar-refractivity contribution is 6.09. The third-order valence-corrected chi connectivity index (χ3v) is 3.78. The summed E-state index contributed by atoms with van der Waals surface area (Å²) in [5.41, 5.74) is 2.33. The van der Waals surface area contributed by atoms with Gasteiger partial charge in [-0.2, -0.15) is 0 Å². The third kappa shape index (κ3) is 1.33. The summed E-state index contributed by atoms with van der Waals surface area (Å²) in [5.74, 6) is -0.0651. The summed E-state index contributed by atoms with van der Waals surface area (Å²) < 4.78 is 0. The van der Waals surface area contributed by atoms with Gasteiger partial charge in [-0.1, -0.05) is 12.1 Å². The van der Waals surface area contributed by atoms with Gasteiger partial charge in [-0.25, -0.2) is 0 Å². The molecule has 1 aliphatic rings. The number of aryl methyl sites for hydroxylation is 1. The zero-order valence-corrected chi connectivity index (χ0v) is 10.2. The van der Waals surface area contributed by atoms with E-state index in [1.54, 1.807) is 6.07 Å². The Balaban J connectivity index is 2.52. The topological polar surface area (TPSA) is 57.5 Å². The van der Waals surface area contributed by atoms with Crippen molar-refractivity contribution in [3.05, 3.63) is 34.9 Å². The van der Waals surface area contributed by atoms with Crippen molar-refractivity contribution >= 4 is 16.6 Å². The van der Waals surface area contributed by atoms with Gasteiger partial charge in [-0.3, -0.25) is 4.79 Å². The van der Waals surface area contributed by atoms with Gasteiger partial charge in [0.2, 0.25) is 0 Å². The minimum absolute atomic E-state index is 0.0225. The molecule has 2 aromatic carbocycles. The first-order valence-electron chi connectivity index (χ1n) is 6.10. The number of carbonyl (C=O) groups excluding carboxylic acids is 1. The second kappa shape index (κ2) is 3.73. The first-order valence-corrected chi connectivity index (χ1v) is 6.10. The van der Waals surface area contributed by atoms with Gasteiger partial charge < -0.3 is 10.2 Å². The lowest BCUT2D eigenvalue weighted by Gasteiger charge is -2.21. The smallest absolute Gasteiger partial charge is 0.166 e. The molecule has 3 rings (SSSR count). The number of Topliss-reactive ketones (excluding diaryl/α,β-unsaturated/α-hetero) is 1. The second-order valence-corrected chi connectivity index (χ2v) is 4.80. The van der Waals surface area contributed by atoms with E-state index in [0.29, 0.717) is 17.4 Å². The highest BCUT2D eigenvalue weighted by Crippen LogP contribution is 2.42. The molecule has 2 N–H and O–H groups in total. The van der Waals surface area contributed by atoms with Gasteiger partial charge in [0.1, 0.15) is 11.5 Å². The van der Waals surface area contributed by atoms with Gasteiger partial charge in [-0.05, 0) is 42.3 Å². The molecular formula is C15H14O3. The molecule has 0 saturated heterocycles. The summed E-state index contributed by atoms with van der Waals surface area (Å²) in [6, 6.07) is 5.14. The first kappa shape index (κ1) is 11.1. The molecule has 0 aromatic heterocycles. The van der Waals surface area contributed by atoms with Crippen LogP contribution < -0.4 is 0 Å². The van der Waals surface area contributed by atoms with Crippen LogP contribution in [0.5, 0.6) is 11.5 Å². The maximum Gasteiger partial charge on any atom is 0.166 e. The third-order valence-electron chi connectivity index (χ3n) is 3.78. The minimum atomic E-state index is -0.0617. The highest BCUT2D eigenvalue weighted by atomic mass is 16.3. The number of hydrogen-bond acceptors (Lipinski definition) is 3. The zero-order valence-electron chi connectivity index (χ0n) is 10.2. The van der Waals surface area contributed by atoms with Crippen molar-refractivity contribution in [2.45, 2.75) is 26.2 Å². The van der Waals surface area contributed by atoms with E-state index in [0.717, 1.165) is 29.4 Å². The number of ketones is 1. The molecule has 18 heavy (non-hydrogen) atoms. The standard InChI is InChI=1S/C15H14O3/c1-8-9-4-2-6-11(16)13(9)15(18)14-10(8)5-3-7-12(14)17/h2,4,6,16,18H,3,5,7H2,1H3. The Morgan fingerprint density at radius 2 is 1.94 bits per heavy atom. The molecule has 0 heterocycles. The second-order valence-electron chi connectivity index (χ2n) is 4.80. The number of fused-ring (bicyclic) bond motifs is 2. The van der Waals surface area contributed by atoms with Crippen molar-refractivity contribution in [1.82, 2.24) is 0 Å². The van der Waals surface area contributed by atoms with E-state index in [4.69, 9.17) is 0 Å². The van der Waals surface area contributed by atoms with Gasteiger partial charge in [0.25, 0.3) is 0 Å². The molecule has 0 bridgehead atoms. The lowest BCUT2D eigenvalue weighted by molar-refractivity contribution is 0.0970. The molecule has 0 atom stereocenters. The van der Waals surface area contributed by atoms with Gasteiger partial charge in [0.15, 0.2) is 5.78 Å². The maximum atomic E-state index is 12.0. The van der Waals surface area contributed by atoms with Crippen LogP contribution in [0, 0.1) is 6.92 Å². The van der Waals surface area contributed by atoms with E-state index >= 15 is 0 Å². The number of rotatable bonds is 0. The quantitative estimate of drug-likeness (QED) is 0.746. The average Bonchev–Trinajstić information content (AvgIpc) is 2.35. The Morgan fingerprint density at radius 1 is 1.17 bits per heavy atom. The van der Waals surface area contributed by atoms with Gasteiger partial charge >= 0.3 is 0 Å². The fourth-order valence-electron chi connectivity index (χ4n) is 2.88. The molecule has 0 radical (unpaired) electrons. The van der Waals surface area contributed by atoms with Crippen LogP contribution in [0.1, 0.15) is 34.3 Å². The molecule has 0 fully saturated rings. The lowest BCUT2D eigenvalue weighted by atomic mass is 9.84. The van der Waals surface area contributed by atoms with Crippen molar-refractivity contribution in [1.29, 1.82) is 0 Å². The van der Waals surface area contributed by atoms with E-state index in [-0.39, 0.29) is 17.3 Å². The molecule has 0 unspecified atom stereocenters. The largest absolute Gasteiger partial charge is 0.507 e. The molecule has 1 aliphatic carbocycles. The summed E-state index contributed by atoms with van der Waals surface area (Å²) in [7, 11) is 0. The number of hydrogen-bond donors (Lipinski definition) is 2. The monoisotopic (exact) mass is 242 g/mol. The van der Waals surface area contributed by atoms with Crippen molar-refractivity contribution < 1.29 is 15.0 Å². The number of phenolic OH excluding ortho intramolecular Hbond substituents is 2. The van der Waals surface area contributed by atoms with E-state index in [1.807, 2.05) is 13.0 Å². The normalized spacial score (nSPS) is 14.8. The van der Waals surface area contributed by atoms with Crippen LogP contribution in [0.15, 0.2) is 18.2 Å². The van der Waals surface area contributed by atoms with Crippen molar-refractivity contribution in [2.75, 3.05) is 0 Å². The SMILES string of the molecule is Cc1c2c(c(O)c3c(O)cccc13)C(=O)CCC2. The lowest BCUT2D eigenvalue weighted by Crippen LogP contribution is -2.13. The fraction of sp³-hybridized carbons (Fsp3) is 0.267. The fourth-order valence-corrected chi connectivity index (χ4v) is 2.88. The van der Waals surface area contributed by atoms with Crippen LogP contribution in [-0.4, -0.2) is 16.0 Å². The zero-order chi connectivity index (χ0) is 12.9. The summed E-state index contributed by atoms with van der Waals surface area (Å²) in [5, 5.41) is 21.4. The van der Waals surface area contributed by atoms with Crippen LogP contribution in [0.2, 0.25) is 0 Å². The molecule has 3 heteroatoms. The Labute approximate surface area is 105 Å². The van der Waals surface area contributed by atoms with Crippen LogP contribution >= 0.6 is 0 Å². The van der Waals surface area contributed by atoms with E-state index in [1.165, 1.54) is 6.07 Å². The van der Waals surface area contributed by atoms with E-state index < -0.39 is 0 Å². The van der Waals surface area contributed by atoms with Crippen molar-refractivity contribution in [3.8, 4) is 11.5 Å². The summed E-state index contributed by atoms with van der Waals surface area (Å²) >= 11 is 0. The number of aromatic hydroxyl groups is 2. The van der Waals surface area contributed by atoms with Gasteiger partial charge in [-0.15, -0.1) is 0 Å². The van der Waals surface area contributed by atoms with Crippen molar-refractivity contribution in [2.24, 2.45) is 0 Å². The first-order chi connectivity index (χ1) is 8.61. The Bertz CT molecular complexity index is 671. The van der Waals surface area contributed by atoms with Crippen molar-refractivity contribution in [3.63, 3.8) is 0 Å². The predicted octanol–water partition coefficient (Wildman–Crippen LogP) is 3.08. The Kier molecular flexibility index (Phi) is 2.30. The molecular weight excluding hydrogens is 228 g/mol. The predicted molar refractivity (Wildman–Crippen MR) is 69.3 cm³/mol. The molecule has 92 valence electrons. The molecule has 0 amide bonds. The maximum absolute atomic E-state index is 12.0. The number of carbonyl (C=O) groups is 1. The summed E-state index contributed by atoms with van der Waals surface area (Å²) in [4.78, 5) is 12.0. The van der Waals surface area contributed by atoms with E-state index in [2.05, 4.69) is 0 Å². The van der Waals surface area contributed by atoms with E-state index in [9.17, 15) is 15.0 Å². The summed E-state index contributed by atoms with van der Waals surface area (Å²) in [6.45, 7) is 1.94. The molecule has 2 aromatic rings. The van der Waals surface area contributed by atoms with Crippen LogP contribution in [-0.2, 0) is 6.42 Å². The van der Waals surface area contributed by atoms with Crippen LogP contribution in [0.4, 0.5) is 0 Å². The van der Waals surface area contributed by atoms with Crippen LogP contribution in [0.25, 0.3) is 10.8 Å². The number of benzene rings is 2. The average molecular weight is 242 g/mol. The number of phenols is 2. The summed E-state index contributed by atoms with van der Waals surface area (Å²) in [6.07, 6.45) is 2.11. The Morgan fingerprint density at radius 3 is 2.72 bits per heavy atom. The molecule has 3 nitrogen and oxygen atoms in total. The van der Waals surface area contributed by atoms with Gasteiger partial charge in [0, 0.05) is 6.42 Å². The van der Waals surface area contributed by atoms with Gasteiger partial charge in [0.05, 0.1) is 10.9 Å². The highest BCUT2D eigenvalue weighted by Gasteiger charge is 2.26. The molecule has 0 saturated carbocycles. The molecule has 0 aliphatic heterocycles.